The average molecular weight is 300 g/mol. The molecule has 1 heterocycles. The monoisotopic (exact) mass is 299 g/mol. The highest BCUT2D eigenvalue weighted by Gasteiger charge is 2.04. The number of nitrogens with one attached hydrogen (secondary N) is 1. The zero-order valence-corrected chi connectivity index (χ0v) is 12.6. The molecule has 5 heteroatoms. The van der Waals surface area contributed by atoms with Crippen LogP contribution in [0.5, 0.6) is 11.5 Å². The Labute approximate surface area is 124 Å². The molecular weight excluding hydrogens is 282 g/mol. The molecule has 0 aliphatic heterocycles. The zero-order valence-electron chi connectivity index (χ0n) is 11.0. The first-order valence-electron chi connectivity index (χ1n) is 5.77. The van der Waals surface area contributed by atoms with Crippen molar-refractivity contribution < 1.29 is 9.47 Å². The minimum absolute atomic E-state index is 0. The lowest BCUT2D eigenvalue weighted by molar-refractivity contribution is 0.390. The van der Waals surface area contributed by atoms with Crippen LogP contribution in [0.1, 0.15) is 10.4 Å². The van der Waals surface area contributed by atoms with Crippen LogP contribution in [-0.2, 0) is 13.1 Å². The molecule has 0 fully saturated rings. The highest BCUT2D eigenvalue weighted by Crippen LogP contribution is 2.24. The largest absolute Gasteiger partial charge is 0.497 e. The number of benzene rings is 1. The molecule has 0 unspecified atom stereocenters. The number of hydrogen-bond acceptors (Lipinski definition) is 4. The second-order valence-electron chi connectivity index (χ2n) is 3.86. The number of ether oxygens (including phenoxy) is 2. The Morgan fingerprint density at radius 1 is 1.11 bits per heavy atom. The minimum Gasteiger partial charge on any atom is -0.497 e. The van der Waals surface area contributed by atoms with E-state index in [4.69, 9.17) is 9.47 Å². The molecule has 0 saturated carbocycles. The van der Waals surface area contributed by atoms with Crippen LogP contribution in [0.4, 0.5) is 0 Å². The Bertz CT molecular complexity index is 488. The molecule has 1 aromatic heterocycles. The molecule has 0 radical (unpaired) electrons. The van der Waals surface area contributed by atoms with Crippen molar-refractivity contribution >= 4 is 23.7 Å². The highest BCUT2D eigenvalue weighted by molar-refractivity contribution is 7.09. The quantitative estimate of drug-likeness (QED) is 0.886. The molecule has 0 atom stereocenters. The molecule has 0 aliphatic rings. The van der Waals surface area contributed by atoms with E-state index in [2.05, 4.69) is 22.8 Å². The molecule has 1 aromatic carbocycles. The van der Waals surface area contributed by atoms with Gasteiger partial charge in [-0.3, -0.25) is 0 Å². The van der Waals surface area contributed by atoms with E-state index in [0.717, 1.165) is 30.2 Å². The molecule has 0 bridgehead atoms. The van der Waals surface area contributed by atoms with Crippen molar-refractivity contribution in [2.24, 2.45) is 0 Å². The average Bonchev–Trinajstić information content (AvgIpc) is 2.92. The third-order valence-corrected chi connectivity index (χ3v) is 3.57. The second kappa shape index (κ2) is 8.04. The fourth-order valence-corrected chi connectivity index (χ4v) is 2.41. The summed E-state index contributed by atoms with van der Waals surface area (Å²) in [5, 5.41) is 5.49. The van der Waals surface area contributed by atoms with E-state index < -0.39 is 0 Å². The van der Waals surface area contributed by atoms with Crippen LogP contribution in [0, 0.1) is 0 Å². The van der Waals surface area contributed by atoms with E-state index in [-0.39, 0.29) is 12.4 Å². The molecule has 19 heavy (non-hydrogen) atoms. The number of thiophene rings is 1. The van der Waals surface area contributed by atoms with Gasteiger partial charge < -0.3 is 14.8 Å². The summed E-state index contributed by atoms with van der Waals surface area (Å²) in [5.74, 6) is 1.67. The predicted molar refractivity (Wildman–Crippen MR) is 81.7 cm³/mol. The number of rotatable bonds is 6. The van der Waals surface area contributed by atoms with Crippen molar-refractivity contribution in [2.45, 2.75) is 13.1 Å². The van der Waals surface area contributed by atoms with Gasteiger partial charge in [0.2, 0.25) is 0 Å². The predicted octanol–water partition coefficient (Wildman–Crippen LogP) is 3.48. The smallest absolute Gasteiger partial charge is 0.127 e. The lowest BCUT2D eigenvalue weighted by Gasteiger charge is -2.10. The van der Waals surface area contributed by atoms with Crippen LogP contribution >= 0.6 is 23.7 Å². The standard InChI is InChI=1S/C14H17NO2S.ClH/c1-16-12-6-5-11(14(8-12)17-2)9-15-10-13-4-3-7-18-13;/h3-8,15H,9-10H2,1-2H3;1H. The fraction of sp³-hybridized carbons (Fsp3) is 0.286. The first-order chi connectivity index (χ1) is 8.83. The van der Waals surface area contributed by atoms with Crippen LogP contribution in [0.25, 0.3) is 0 Å². The summed E-state index contributed by atoms with van der Waals surface area (Å²) in [7, 11) is 3.33. The van der Waals surface area contributed by atoms with Crippen molar-refractivity contribution in [3.8, 4) is 11.5 Å². The fourth-order valence-electron chi connectivity index (χ4n) is 1.73. The Balaban J connectivity index is 0.00000180. The van der Waals surface area contributed by atoms with Crippen LogP contribution in [-0.4, -0.2) is 14.2 Å². The van der Waals surface area contributed by atoms with Gasteiger partial charge in [-0.1, -0.05) is 12.1 Å². The van der Waals surface area contributed by atoms with Crippen molar-refractivity contribution in [2.75, 3.05) is 14.2 Å². The van der Waals surface area contributed by atoms with Crippen LogP contribution in [0.3, 0.4) is 0 Å². The minimum atomic E-state index is 0. The SMILES string of the molecule is COc1ccc(CNCc2cccs2)c(OC)c1.Cl. The summed E-state index contributed by atoms with van der Waals surface area (Å²) in [6, 6.07) is 10.1. The van der Waals surface area contributed by atoms with Gasteiger partial charge >= 0.3 is 0 Å². The summed E-state index contributed by atoms with van der Waals surface area (Å²) >= 11 is 1.76. The van der Waals surface area contributed by atoms with Gasteiger partial charge in [-0.15, -0.1) is 23.7 Å². The van der Waals surface area contributed by atoms with Gasteiger partial charge in [-0.2, -0.15) is 0 Å². The number of hydrogen-bond donors (Lipinski definition) is 1. The van der Waals surface area contributed by atoms with Crippen LogP contribution < -0.4 is 14.8 Å². The third kappa shape index (κ3) is 4.42. The molecular formula is C14H18ClNO2S. The molecule has 104 valence electrons. The first-order valence-corrected chi connectivity index (χ1v) is 6.65. The van der Waals surface area contributed by atoms with Gasteiger partial charge in [-0.25, -0.2) is 0 Å². The van der Waals surface area contributed by atoms with Gasteiger partial charge in [0, 0.05) is 29.6 Å². The molecule has 3 nitrogen and oxygen atoms in total. The van der Waals surface area contributed by atoms with Crippen molar-refractivity contribution in [1.82, 2.24) is 5.32 Å². The van der Waals surface area contributed by atoms with Crippen molar-refractivity contribution in [1.29, 1.82) is 0 Å². The van der Waals surface area contributed by atoms with Gasteiger partial charge in [-0.05, 0) is 17.5 Å². The van der Waals surface area contributed by atoms with E-state index >= 15 is 0 Å². The Kier molecular flexibility index (Phi) is 6.70. The topological polar surface area (TPSA) is 30.5 Å². The maximum atomic E-state index is 5.36. The molecule has 0 spiro atoms. The van der Waals surface area contributed by atoms with Crippen molar-refractivity contribution in [3.63, 3.8) is 0 Å². The second-order valence-corrected chi connectivity index (χ2v) is 4.89. The Hall–Kier alpha value is -1.23. The Morgan fingerprint density at radius 2 is 1.95 bits per heavy atom. The van der Waals surface area contributed by atoms with E-state index in [1.54, 1.807) is 25.6 Å². The lowest BCUT2D eigenvalue weighted by Crippen LogP contribution is -2.12. The normalized spacial score (nSPS) is 9.79. The van der Waals surface area contributed by atoms with Crippen LogP contribution in [0.2, 0.25) is 0 Å². The summed E-state index contributed by atoms with van der Waals surface area (Å²) in [6.45, 7) is 1.66. The lowest BCUT2D eigenvalue weighted by atomic mass is 10.2. The zero-order chi connectivity index (χ0) is 12.8. The van der Waals surface area contributed by atoms with Gasteiger partial charge in [0.15, 0.2) is 0 Å². The van der Waals surface area contributed by atoms with Gasteiger partial charge in [0.25, 0.3) is 0 Å². The van der Waals surface area contributed by atoms with Crippen molar-refractivity contribution in [3.05, 3.63) is 46.2 Å². The maximum absolute atomic E-state index is 5.36. The molecule has 0 aliphatic carbocycles. The summed E-state index contributed by atoms with van der Waals surface area (Å²) < 4.78 is 10.5. The number of methoxy groups -OCH3 is 2. The van der Waals surface area contributed by atoms with Gasteiger partial charge in [0.1, 0.15) is 11.5 Å². The van der Waals surface area contributed by atoms with Gasteiger partial charge in [0.05, 0.1) is 14.2 Å². The van der Waals surface area contributed by atoms with Crippen LogP contribution in [0.15, 0.2) is 35.7 Å². The molecule has 0 saturated heterocycles. The summed E-state index contributed by atoms with van der Waals surface area (Å²) in [5.41, 5.74) is 1.13. The maximum Gasteiger partial charge on any atom is 0.127 e. The van der Waals surface area contributed by atoms with E-state index in [0.29, 0.717) is 0 Å². The van der Waals surface area contributed by atoms with E-state index in [1.807, 2.05) is 18.2 Å². The third-order valence-electron chi connectivity index (χ3n) is 2.69. The molecule has 2 rings (SSSR count). The summed E-state index contributed by atoms with van der Waals surface area (Å²) in [4.78, 5) is 1.34. The Morgan fingerprint density at radius 3 is 2.58 bits per heavy atom. The summed E-state index contributed by atoms with van der Waals surface area (Å²) in [6.07, 6.45) is 0. The van der Waals surface area contributed by atoms with E-state index in [9.17, 15) is 0 Å². The number of halogens is 1. The molecule has 1 N–H and O–H groups in total. The first kappa shape index (κ1) is 15.8. The molecule has 0 amide bonds. The van der Waals surface area contributed by atoms with E-state index in [1.165, 1.54) is 4.88 Å². The molecule has 2 aromatic rings. The highest BCUT2D eigenvalue weighted by atomic mass is 35.5.